The van der Waals surface area contributed by atoms with E-state index in [4.69, 9.17) is 4.74 Å². The standard InChI is InChI=1S/C11H16N2O2/c1-3-15-10-6-4-9(5-7-10)8-11(14)13-12-2/h4-7,12H,3,8H2,1-2H3,(H,13,14). The maximum atomic E-state index is 11.2. The molecule has 1 aromatic rings. The molecule has 0 saturated heterocycles. The van der Waals surface area contributed by atoms with Crippen LogP contribution in [0.4, 0.5) is 0 Å². The van der Waals surface area contributed by atoms with E-state index >= 15 is 0 Å². The van der Waals surface area contributed by atoms with E-state index in [0.717, 1.165) is 11.3 Å². The third-order valence-corrected chi connectivity index (χ3v) is 1.86. The quantitative estimate of drug-likeness (QED) is 0.706. The van der Waals surface area contributed by atoms with Gasteiger partial charge in [-0.2, -0.15) is 0 Å². The molecule has 4 heteroatoms. The number of hydrogen-bond donors (Lipinski definition) is 2. The molecular formula is C11H16N2O2. The van der Waals surface area contributed by atoms with Gasteiger partial charge in [0.15, 0.2) is 0 Å². The minimum atomic E-state index is -0.0540. The van der Waals surface area contributed by atoms with Crippen LogP contribution in [0.2, 0.25) is 0 Å². The third kappa shape index (κ3) is 3.99. The van der Waals surface area contributed by atoms with Gasteiger partial charge in [-0.3, -0.25) is 10.2 Å². The van der Waals surface area contributed by atoms with Gasteiger partial charge in [0.25, 0.3) is 0 Å². The molecule has 0 aliphatic rings. The summed E-state index contributed by atoms with van der Waals surface area (Å²) in [5.74, 6) is 0.775. The second kappa shape index (κ2) is 6.03. The molecule has 1 rings (SSSR count). The summed E-state index contributed by atoms with van der Waals surface area (Å²) in [4.78, 5) is 11.2. The second-order valence-corrected chi connectivity index (χ2v) is 3.05. The van der Waals surface area contributed by atoms with E-state index in [9.17, 15) is 4.79 Å². The summed E-state index contributed by atoms with van der Waals surface area (Å²) in [5.41, 5.74) is 6.07. The third-order valence-electron chi connectivity index (χ3n) is 1.86. The van der Waals surface area contributed by atoms with Crippen molar-refractivity contribution in [3.05, 3.63) is 29.8 Å². The van der Waals surface area contributed by atoms with Gasteiger partial charge in [-0.1, -0.05) is 12.1 Å². The monoisotopic (exact) mass is 208 g/mol. The van der Waals surface area contributed by atoms with Crippen molar-refractivity contribution in [1.82, 2.24) is 10.9 Å². The van der Waals surface area contributed by atoms with Crippen LogP contribution in [0.5, 0.6) is 5.75 Å². The molecule has 0 unspecified atom stereocenters. The predicted molar refractivity (Wildman–Crippen MR) is 58.5 cm³/mol. The van der Waals surface area contributed by atoms with Crippen LogP contribution in [-0.4, -0.2) is 19.6 Å². The van der Waals surface area contributed by atoms with Gasteiger partial charge in [0.05, 0.1) is 13.0 Å². The fraction of sp³-hybridized carbons (Fsp3) is 0.364. The number of ether oxygens (including phenoxy) is 1. The molecule has 1 aromatic carbocycles. The fourth-order valence-electron chi connectivity index (χ4n) is 1.24. The predicted octanol–water partition coefficient (Wildman–Crippen LogP) is 0.878. The Labute approximate surface area is 89.6 Å². The highest BCUT2D eigenvalue weighted by Crippen LogP contribution is 2.12. The number of amides is 1. The Kier molecular flexibility index (Phi) is 4.63. The SMILES string of the molecule is CCOc1ccc(CC(=O)NNC)cc1. The van der Waals surface area contributed by atoms with Gasteiger partial charge in [0, 0.05) is 7.05 Å². The maximum Gasteiger partial charge on any atom is 0.238 e. The number of benzene rings is 1. The van der Waals surface area contributed by atoms with Crippen LogP contribution in [0.3, 0.4) is 0 Å². The Bertz CT molecular complexity index is 309. The highest BCUT2D eigenvalue weighted by molar-refractivity contribution is 5.78. The molecule has 4 nitrogen and oxygen atoms in total. The Morgan fingerprint density at radius 2 is 2.00 bits per heavy atom. The van der Waals surface area contributed by atoms with Crippen LogP contribution in [-0.2, 0) is 11.2 Å². The topological polar surface area (TPSA) is 50.4 Å². The van der Waals surface area contributed by atoms with E-state index in [2.05, 4.69) is 10.9 Å². The van der Waals surface area contributed by atoms with Gasteiger partial charge >= 0.3 is 0 Å². The molecule has 82 valence electrons. The molecule has 1 amide bonds. The summed E-state index contributed by atoms with van der Waals surface area (Å²) in [6.45, 7) is 2.59. The van der Waals surface area contributed by atoms with Gasteiger partial charge < -0.3 is 4.74 Å². The smallest absolute Gasteiger partial charge is 0.238 e. The molecule has 0 heterocycles. The molecule has 0 radical (unpaired) electrons. The van der Waals surface area contributed by atoms with Gasteiger partial charge in [-0.15, -0.1) is 0 Å². The lowest BCUT2D eigenvalue weighted by Gasteiger charge is -2.05. The summed E-state index contributed by atoms with van der Waals surface area (Å²) in [6.07, 6.45) is 0.368. The van der Waals surface area contributed by atoms with Gasteiger partial charge in [0.2, 0.25) is 5.91 Å². The van der Waals surface area contributed by atoms with Crippen molar-refractivity contribution < 1.29 is 9.53 Å². The van der Waals surface area contributed by atoms with Gasteiger partial charge in [-0.05, 0) is 24.6 Å². The molecule has 2 N–H and O–H groups in total. The highest BCUT2D eigenvalue weighted by atomic mass is 16.5. The zero-order valence-corrected chi connectivity index (χ0v) is 9.04. The number of carbonyl (C=O) groups excluding carboxylic acids is 1. The van der Waals surface area contributed by atoms with E-state index in [0.29, 0.717) is 13.0 Å². The van der Waals surface area contributed by atoms with Crippen LogP contribution in [0, 0.1) is 0 Å². The van der Waals surface area contributed by atoms with E-state index in [1.807, 2.05) is 31.2 Å². The summed E-state index contributed by atoms with van der Waals surface area (Å²) < 4.78 is 5.30. The minimum Gasteiger partial charge on any atom is -0.494 e. The Balaban J connectivity index is 2.52. The summed E-state index contributed by atoms with van der Waals surface area (Å²) in [6, 6.07) is 7.51. The van der Waals surface area contributed by atoms with Crippen LogP contribution >= 0.6 is 0 Å². The maximum absolute atomic E-state index is 11.2. The van der Waals surface area contributed by atoms with Crippen LogP contribution in [0.1, 0.15) is 12.5 Å². The molecule has 0 aliphatic carbocycles. The fourth-order valence-corrected chi connectivity index (χ4v) is 1.24. The van der Waals surface area contributed by atoms with E-state index in [1.54, 1.807) is 7.05 Å². The molecule has 0 aliphatic heterocycles. The molecule has 0 bridgehead atoms. The van der Waals surface area contributed by atoms with Gasteiger partial charge in [-0.25, -0.2) is 5.43 Å². The first kappa shape index (κ1) is 11.5. The van der Waals surface area contributed by atoms with Crippen LogP contribution in [0.15, 0.2) is 24.3 Å². The zero-order valence-electron chi connectivity index (χ0n) is 9.04. The lowest BCUT2D eigenvalue weighted by atomic mass is 10.1. The Morgan fingerprint density at radius 1 is 1.33 bits per heavy atom. The molecular weight excluding hydrogens is 192 g/mol. The van der Waals surface area contributed by atoms with E-state index in [-0.39, 0.29) is 5.91 Å². The molecule has 0 saturated carbocycles. The van der Waals surface area contributed by atoms with Crippen molar-refractivity contribution in [3.63, 3.8) is 0 Å². The first-order valence-corrected chi connectivity index (χ1v) is 4.93. The Hall–Kier alpha value is -1.55. The van der Waals surface area contributed by atoms with Crippen molar-refractivity contribution in [2.75, 3.05) is 13.7 Å². The first-order chi connectivity index (χ1) is 7.26. The van der Waals surface area contributed by atoms with E-state index < -0.39 is 0 Å². The van der Waals surface area contributed by atoms with Crippen LogP contribution < -0.4 is 15.6 Å². The average molecular weight is 208 g/mol. The lowest BCUT2D eigenvalue weighted by molar-refractivity contribution is -0.121. The molecule has 0 fully saturated rings. The zero-order chi connectivity index (χ0) is 11.1. The molecule has 15 heavy (non-hydrogen) atoms. The normalized spacial score (nSPS) is 9.73. The first-order valence-electron chi connectivity index (χ1n) is 4.93. The molecule has 0 spiro atoms. The minimum absolute atomic E-state index is 0.0540. The van der Waals surface area contributed by atoms with Crippen molar-refractivity contribution >= 4 is 5.91 Å². The Morgan fingerprint density at radius 3 is 2.53 bits per heavy atom. The number of carbonyl (C=O) groups is 1. The van der Waals surface area contributed by atoms with Crippen LogP contribution in [0.25, 0.3) is 0 Å². The summed E-state index contributed by atoms with van der Waals surface area (Å²) in [7, 11) is 1.66. The largest absolute Gasteiger partial charge is 0.494 e. The lowest BCUT2D eigenvalue weighted by Crippen LogP contribution is -2.35. The number of nitrogens with one attached hydrogen (secondary N) is 2. The van der Waals surface area contributed by atoms with Crippen molar-refractivity contribution in [2.24, 2.45) is 0 Å². The van der Waals surface area contributed by atoms with Gasteiger partial charge in [0.1, 0.15) is 5.75 Å². The molecule has 0 atom stereocenters. The summed E-state index contributed by atoms with van der Waals surface area (Å²) >= 11 is 0. The van der Waals surface area contributed by atoms with Crippen molar-refractivity contribution in [1.29, 1.82) is 0 Å². The second-order valence-electron chi connectivity index (χ2n) is 3.05. The number of hydrogen-bond acceptors (Lipinski definition) is 3. The van der Waals surface area contributed by atoms with Crippen molar-refractivity contribution in [2.45, 2.75) is 13.3 Å². The number of rotatable bonds is 5. The number of hydrazine groups is 1. The van der Waals surface area contributed by atoms with E-state index in [1.165, 1.54) is 0 Å². The highest BCUT2D eigenvalue weighted by Gasteiger charge is 2.01. The van der Waals surface area contributed by atoms with Crippen molar-refractivity contribution in [3.8, 4) is 5.75 Å². The average Bonchev–Trinajstić information content (AvgIpc) is 2.22. The molecule has 0 aromatic heterocycles. The summed E-state index contributed by atoms with van der Waals surface area (Å²) in [5, 5.41) is 0.